The molecular formula is C14H16N2O2S. The number of carbonyl (C=O) groups excluding carboxylic acids is 2. The number of hydrogen-bond acceptors (Lipinski definition) is 3. The summed E-state index contributed by atoms with van der Waals surface area (Å²) < 4.78 is 0. The number of nitrogens with one attached hydrogen (secondary N) is 2. The summed E-state index contributed by atoms with van der Waals surface area (Å²) in [5.41, 5.74) is 3.09. The van der Waals surface area contributed by atoms with Crippen molar-refractivity contribution in [3.8, 4) is 0 Å². The van der Waals surface area contributed by atoms with Gasteiger partial charge in [0.05, 0.1) is 0 Å². The average molecular weight is 276 g/mol. The highest BCUT2D eigenvalue weighted by molar-refractivity contribution is 7.99. The predicted molar refractivity (Wildman–Crippen MR) is 76.1 cm³/mol. The molecule has 2 atom stereocenters. The van der Waals surface area contributed by atoms with Crippen LogP contribution in [0.5, 0.6) is 0 Å². The molecule has 0 radical (unpaired) electrons. The maximum absolute atomic E-state index is 11.8. The van der Waals surface area contributed by atoms with Crippen LogP contribution in [0.1, 0.15) is 22.8 Å². The number of rotatable bonds is 3. The number of anilines is 1. The van der Waals surface area contributed by atoms with Crippen molar-refractivity contribution < 1.29 is 9.59 Å². The minimum absolute atomic E-state index is 0.0539. The van der Waals surface area contributed by atoms with E-state index in [2.05, 4.69) is 16.7 Å². The summed E-state index contributed by atoms with van der Waals surface area (Å²) in [6.45, 7) is 0.780. The Labute approximate surface area is 116 Å². The fraction of sp³-hybridized carbons (Fsp3) is 0.429. The van der Waals surface area contributed by atoms with Crippen molar-refractivity contribution in [3.63, 3.8) is 0 Å². The maximum Gasteiger partial charge on any atom is 0.242 e. The number of fused-ring (bicyclic) bond motifs is 1. The molecule has 2 unspecified atom stereocenters. The van der Waals surface area contributed by atoms with Gasteiger partial charge in [0.15, 0.2) is 0 Å². The lowest BCUT2D eigenvalue weighted by Crippen LogP contribution is -2.20. The molecule has 0 bridgehead atoms. The zero-order valence-corrected chi connectivity index (χ0v) is 11.5. The van der Waals surface area contributed by atoms with Crippen LogP contribution >= 0.6 is 11.8 Å². The highest BCUT2D eigenvalue weighted by Gasteiger charge is 2.30. The van der Waals surface area contributed by atoms with Crippen LogP contribution in [0.3, 0.4) is 0 Å². The third-order valence-electron chi connectivity index (χ3n) is 3.78. The van der Waals surface area contributed by atoms with E-state index in [1.54, 1.807) is 11.8 Å². The molecule has 0 aliphatic carbocycles. The van der Waals surface area contributed by atoms with Crippen LogP contribution in [0.4, 0.5) is 5.69 Å². The molecule has 2 aliphatic rings. The zero-order chi connectivity index (χ0) is 13.4. The molecule has 2 heterocycles. The molecule has 0 saturated carbocycles. The molecule has 100 valence electrons. The number of carbonyl (C=O) groups is 2. The van der Waals surface area contributed by atoms with Crippen LogP contribution in [0.25, 0.3) is 0 Å². The molecule has 1 fully saturated rings. The summed E-state index contributed by atoms with van der Waals surface area (Å²) in [7, 11) is 0. The zero-order valence-electron chi connectivity index (χ0n) is 10.7. The minimum atomic E-state index is -0.118. The van der Waals surface area contributed by atoms with Crippen LogP contribution in [0.15, 0.2) is 18.2 Å². The van der Waals surface area contributed by atoms with Gasteiger partial charge in [-0.1, -0.05) is 12.1 Å². The van der Waals surface area contributed by atoms with E-state index in [-0.39, 0.29) is 23.0 Å². The summed E-state index contributed by atoms with van der Waals surface area (Å²) in [5.74, 6) is 0.283. The number of benzene rings is 1. The molecule has 1 aromatic rings. The van der Waals surface area contributed by atoms with Gasteiger partial charge in [-0.25, -0.2) is 0 Å². The van der Waals surface area contributed by atoms with E-state index in [9.17, 15) is 9.59 Å². The second-order valence-electron chi connectivity index (χ2n) is 5.01. The number of thioether (sulfide) groups is 1. The van der Waals surface area contributed by atoms with Gasteiger partial charge >= 0.3 is 0 Å². The van der Waals surface area contributed by atoms with Crippen LogP contribution < -0.4 is 10.6 Å². The van der Waals surface area contributed by atoms with E-state index < -0.39 is 0 Å². The Morgan fingerprint density at radius 1 is 1.32 bits per heavy atom. The summed E-state index contributed by atoms with van der Waals surface area (Å²) >= 11 is 1.54. The number of hydrogen-bond donors (Lipinski definition) is 2. The van der Waals surface area contributed by atoms with Gasteiger partial charge in [-0.05, 0) is 36.3 Å². The lowest BCUT2D eigenvalue weighted by Gasteiger charge is -2.10. The van der Waals surface area contributed by atoms with Gasteiger partial charge in [-0.2, -0.15) is 0 Å². The molecule has 0 spiro atoms. The van der Waals surface area contributed by atoms with Gasteiger partial charge < -0.3 is 10.6 Å². The topological polar surface area (TPSA) is 58.2 Å². The predicted octanol–water partition coefficient (Wildman–Crippen LogP) is 1.72. The van der Waals surface area contributed by atoms with Crippen molar-refractivity contribution in [2.75, 3.05) is 18.1 Å². The molecule has 2 N–H and O–H groups in total. The normalized spacial score (nSPS) is 25.1. The van der Waals surface area contributed by atoms with E-state index >= 15 is 0 Å². The Morgan fingerprint density at radius 2 is 2.16 bits per heavy atom. The highest BCUT2D eigenvalue weighted by atomic mass is 32.2. The fourth-order valence-electron chi connectivity index (χ4n) is 2.77. The quantitative estimate of drug-likeness (QED) is 0.884. The van der Waals surface area contributed by atoms with Crippen molar-refractivity contribution in [1.29, 1.82) is 0 Å². The van der Waals surface area contributed by atoms with E-state index in [4.69, 9.17) is 0 Å². The molecule has 1 saturated heterocycles. The molecule has 1 aromatic carbocycles. The Hall–Kier alpha value is -1.49. The molecule has 19 heavy (non-hydrogen) atoms. The van der Waals surface area contributed by atoms with Crippen LogP contribution in [-0.2, 0) is 16.0 Å². The highest BCUT2D eigenvalue weighted by Crippen LogP contribution is 2.39. The molecular weight excluding hydrogens is 260 g/mol. The first-order chi connectivity index (χ1) is 9.19. The summed E-state index contributed by atoms with van der Waals surface area (Å²) in [6.07, 6.45) is 3.60. The first-order valence-corrected chi connectivity index (χ1v) is 7.72. The third-order valence-corrected chi connectivity index (χ3v) is 4.71. The van der Waals surface area contributed by atoms with Gasteiger partial charge in [-0.3, -0.25) is 9.59 Å². The van der Waals surface area contributed by atoms with Crippen molar-refractivity contribution in [3.05, 3.63) is 29.3 Å². The Kier molecular flexibility index (Phi) is 3.22. The Balaban J connectivity index is 1.83. The Bertz CT molecular complexity index is 544. The first-order valence-electron chi connectivity index (χ1n) is 6.43. The van der Waals surface area contributed by atoms with Crippen LogP contribution in [-0.4, -0.2) is 24.6 Å². The summed E-state index contributed by atoms with van der Waals surface area (Å²) in [4.78, 5) is 23.4. The van der Waals surface area contributed by atoms with Crippen molar-refractivity contribution >= 4 is 29.3 Å². The molecule has 0 aromatic heterocycles. The van der Waals surface area contributed by atoms with Gasteiger partial charge in [0.2, 0.25) is 11.8 Å². The van der Waals surface area contributed by atoms with Gasteiger partial charge in [0.1, 0.15) is 5.25 Å². The summed E-state index contributed by atoms with van der Waals surface area (Å²) in [6, 6.07) is 6.03. The van der Waals surface area contributed by atoms with E-state index in [0.29, 0.717) is 0 Å². The van der Waals surface area contributed by atoms with Crippen molar-refractivity contribution in [1.82, 2.24) is 5.32 Å². The second kappa shape index (κ2) is 4.89. The van der Waals surface area contributed by atoms with E-state index in [0.717, 1.165) is 36.2 Å². The van der Waals surface area contributed by atoms with E-state index in [1.165, 1.54) is 0 Å². The standard InChI is InChI=1S/C14H16N2O2S/c1-19-12-10-7-8(2-3-11(10)16-14(12)18)6-9-4-5-15-13(9)17/h2-3,7,9,12H,4-6H2,1H3,(H,15,17)(H,16,18). The minimum Gasteiger partial charge on any atom is -0.356 e. The monoisotopic (exact) mass is 276 g/mol. The van der Waals surface area contributed by atoms with Gasteiger partial charge in [-0.15, -0.1) is 11.8 Å². The van der Waals surface area contributed by atoms with Gasteiger partial charge in [0, 0.05) is 18.2 Å². The largest absolute Gasteiger partial charge is 0.356 e. The smallest absolute Gasteiger partial charge is 0.242 e. The molecule has 2 aliphatic heterocycles. The average Bonchev–Trinajstić information content (AvgIpc) is 2.92. The fourth-order valence-corrected chi connectivity index (χ4v) is 3.49. The van der Waals surface area contributed by atoms with E-state index in [1.807, 2.05) is 18.4 Å². The Morgan fingerprint density at radius 3 is 2.84 bits per heavy atom. The number of amides is 2. The lowest BCUT2D eigenvalue weighted by atomic mass is 9.96. The third kappa shape index (κ3) is 2.23. The maximum atomic E-state index is 11.8. The molecule has 3 rings (SSSR count). The van der Waals surface area contributed by atoms with Crippen molar-refractivity contribution in [2.24, 2.45) is 5.92 Å². The van der Waals surface area contributed by atoms with Gasteiger partial charge in [0.25, 0.3) is 0 Å². The SMILES string of the molecule is CSC1C(=O)Nc2ccc(CC3CCNC3=O)cc21. The second-order valence-corrected chi connectivity index (χ2v) is 5.95. The lowest BCUT2D eigenvalue weighted by molar-refractivity contribution is -0.122. The molecule has 4 nitrogen and oxygen atoms in total. The molecule has 2 amide bonds. The van der Waals surface area contributed by atoms with Crippen molar-refractivity contribution in [2.45, 2.75) is 18.1 Å². The van der Waals surface area contributed by atoms with Crippen LogP contribution in [0.2, 0.25) is 0 Å². The first kappa shape index (κ1) is 12.5. The summed E-state index contributed by atoms with van der Waals surface area (Å²) in [5, 5.41) is 5.63. The van der Waals surface area contributed by atoms with Crippen LogP contribution in [0, 0.1) is 5.92 Å². The molecule has 5 heteroatoms.